The summed E-state index contributed by atoms with van der Waals surface area (Å²) < 4.78 is 14.9. The summed E-state index contributed by atoms with van der Waals surface area (Å²) in [5.41, 5.74) is 7.21. The highest BCUT2D eigenvalue weighted by atomic mass is 79.9. The molecule has 1 aromatic heterocycles. The molecule has 0 fully saturated rings. The van der Waals surface area contributed by atoms with Crippen molar-refractivity contribution in [1.82, 2.24) is 4.57 Å². The number of allylic oxidation sites excluding steroid dienone is 1. The van der Waals surface area contributed by atoms with Gasteiger partial charge in [-0.15, -0.1) is 0 Å². The Morgan fingerprint density at radius 1 is 1.02 bits per heavy atom. The molecule has 4 aromatic carbocycles. The van der Waals surface area contributed by atoms with Crippen LogP contribution in [-0.4, -0.2) is 11.7 Å². The predicted molar refractivity (Wildman–Crippen MR) is 181 cm³/mol. The number of rotatable bonds is 6. The van der Waals surface area contributed by atoms with Gasteiger partial charge in [-0.25, -0.2) is 4.99 Å². The molecule has 5 aromatic rings. The SMILES string of the molecule is COc1cc(C=c2sc3n(c2=O)[C@@H](c2ccccc2)C2=C(N=3)c3ccccc3CC2)cc(Br)c1OCc1ccc(Cl)cc1Cl. The lowest BCUT2D eigenvalue weighted by Crippen LogP contribution is -2.38. The molecule has 0 unspecified atom stereocenters. The lowest BCUT2D eigenvalue weighted by Gasteiger charge is -2.30. The summed E-state index contributed by atoms with van der Waals surface area (Å²) in [7, 11) is 1.59. The molecule has 0 spiro atoms. The second kappa shape index (κ2) is 12.1. The highest BCUT2D eigenvalue weighted by Gasteiger charge is 2.32. The summed E-state index contributed by atoms with van der Waals surface area (Å²) in [6, 6.07) is 27.5. The lowest BCUT2D eigenvalue weighted by atomic mass is 9.83. The van der Waals surface area contributed by atoms with Crippen LogP contribution in [0.1, 0.15) is 40.3 Å². The standard InChI is InChI=1S/C35H25BrCl2N2O3S/c1-42-29-16-20(15-27(36)33(29)43-19-23-11-13-24(37)18-28(23)38)17-30-34(41)40-32(22-8-3-2-4-9-22)26-14-12-21-7-5-6-10-25(21)31(26)39-35(40)44-30/h2-11,13,15-18,32H,12,14,19H2,1H3/t32-/m0/s1. The Morgan fingerprint density at radius 3 is 2.61 bits per heavy atom. The van der Waals surface area contributed by atoms with Crippen LogP contribution in [0.15, 0.2) is 105 Å². The molecule has 1 atom stereocenters. The Kier molecular flexibility index (Phi) is 7.97. The summed E-state index contributed by atoms with van der Waals surface area (Å²) in [5.74, 6) is 1.06. The number of ether oxygens (including phenoxy) is 2. The number of fused-ring (bicyclic) bond motifs is 3. The van der Waals surface area contributed by atoms with Gasteiger partial charge in [0.15, 0.2) is 16.3 Å². The van der Waals surface area contributed by atoms with Crippen molar-refractivity contribution >= 4 is 62.2 Å². The van der Waals surface area contributed by atoms with E-state index in [0.717, 1.165) is 40.8 Å². The molecule has 2 heterocycles. The maximum atomic E-state index is 14.1. The summed E-state index contributed by atoms with van der Waals surface area (Å²) in [5, 5.41) is 1.09. The lowest BCUT2D eigenvalue weighted by molar-refractivity contribution is 0.282. The molecule has 5 nitrogen and oxygen atoms in total. The molecule has 0 saturated carbocycles. The Hall–Kier alpha value is -3.62. The van der Waals surface area contributed by atoms with E-state index in [1.807, 2.05) is 47.0 Å². The first kappa shape index (κ1) is 29.1. The van der Waals surface area contributed by atoms with E-state index in [1.165, 1.54) is 22.5 Å². The molecule has 0 saturated heterocycles. The first-order valence-electron chi connectivity index (χ1n) is 14.0. The monoisotopic (exact) mass is 702 g/mol. The molecule has 220 valence electrons. The van der Waals surface area contributed by atoms with Crippen molar-refractivity contribution in [1.29, 1.82) is 0 Å². The topological polar surface area (TPSA) is 52.8 Å². The predicted octanol–water partition coefficient (Wildman–Crippen LogP) is 7.98. The van der Waals surface area contributed by atoms with Crippen LogP contribution < -0.4 is 24.4 Å². The summed E-state index contributed by atoms with van der Waals surface area (Å²) in [6.45, 7) is 0.232. The molecule has 2 aliphatic rings. The van der Waals surface area contributed by atoms with Gasteiger partial charge in [0.25, 0.3) is 5.56 Å². The number of thiazole rings is 1. The van der Waals surface area contributed by atoms with Gasteiger partial charge in [0.1, 0.15) is 6.61 Å². The highest BCUT2D eigenvalue weighted by molar-refractivity contribution is 9.10. The molecular formula is C35H25BrCl2N2O3S. The van der Waals surface area contributed by atoms with Crippen LogP contribution in [-0.2, 0) is 13.0 Å². The fourth-order valence-corrected chi connectivity index (χ4v) is 7.90. The largest absolute Gasteiger partial charge is 0.493 e. The molecule has 0 amide bonds. The first-order valence-corrected chi connectivity index (χ1v) is 16.4. The Bertz CT molecular complexity index is 2140. The molecule has 9 heteroatoms. The molecule has 0 bridgehead atoms. The Labute approximate surface area is 276 Å². The van der Waals surface area contributed by atoms with Gasteiger partial charge in [-0.2, -0.15) is 0 Å². The van der Waals surface area contributed by atoms with Gasteiger partial charge in [-0.1, -0.05) is 95.2 Å². The van der Waals surface area contributed by atoms with Gasteiger partial charge < -0.3 is 9.47 Å². The Morgan fingerprint density at radius 2 is 1.82 bits per heavy atom. The number of aromatic nitrogens is 1. The molecule has 1 aliphatic heterocycles. The van der Waals surface area contributed by atoms with Crippen LogP contribution in [0.5, 0.6) is 11.5 Å². The zero-order valence-electron chi connectivity index (χ0n) is 23.5. The maximum absolute atomic E-state index is 14.1. The van der Waals surface area contributed by atoms with E-state index in [1.54, 1.807) is 19.2 Å². The smallest absolute Gasteiger partial charge is 0.271 e. The summed E-state index contributed by atoms with van der Waals surface area (Å²) >= 11 is 17.4. The third-order valence-electron chi connectivity index (χ3n) is 7.92. The third-order valence-corrected chi connectivity index (χ3v) is 10.1. The fraction of sp³-hybridized carbons (Fsp3) is 0.143. The molecule has 1 aliphatic carbocycles. The molecule has 7 rings (SSSR count). The van der Waals surface area contributed by atoms with Crippen molar-refractivity contribution < 1.29 is 9.47 Å². The zero-order valence-corrected chi connectivity index (χ0v) is 27.4. The van der Waals surface area contributed by atoms with E-state index in [4.69, 9.17) is 37.7 Å². The Balaban J connectivity index is 1.31. The van der Waals surface area contributed by atoms with Crippen molar-refractivity contribution in [3.05, 3.63) is 153 Å². The van der Waals surface area contributed by atoms with Gasteiger partial charge in [0.05, 0.1) is 27.9 Å². The van der Waals surface area contributed by atoms with Gasteiger partial charge in [-0.3, -0.25) is 9.36 Å². The van der Waals surface area contributed by atoms with Crippen LogP contribution in [0.4, 0.5) is 0 Å². The molecule has 0 N–H and O–H groups in total. The van der Waals surface area contributed by atoms with Crippen LogP contribution in [0, 0.1) is 0 Å². The number of nitrogens with zero attached hydrogens (tertiary/aromatic N) is 2. The van der Waals surface area contributed by atoms with Crippen LogP contribution in [0.25, 0.3) is 11.8 Å². The van der Waals surface area contributed by atoms with Crippen LogP contribution in [0.3, 0.4) is 0 Å². The minimum atomic E-state index is -0.213. The van der Waals surface area contributed by atoms with E-state index in [2.05, 4.69) is 52.3 Å². The van der Waals surface area contributed by atoms with E-state index in [0.29, 0.717) is 35.4 Å². The number of halogens is 3. The molecule has 0 radical (unpaired) electrons. The minimum Gasteiger partial charge on any atom is -0.493 e. The average molecular weight is 704 g/mol. The number of hydrogen-bond donors (Lipinski definition) is 0. The van der Waals surface area contributed by atoms with E-state index in [-0.39, 0.29) is 18.2 Å². The van der Waals surface area contributed by atoms with Crippen molar-refractivity contribution in [2.75, 3.05) is 7.11 Å². The number of methoxy groups -OCH3 is 1. The fourth-order valence-electron chi connectivity index (χ4n) is 5.86. The quantitative estimate of drug-likeness (QED) is 0.180. The number of hydrogen-bond acceptors (Lipinski definition) is 5. The highest BCUT2D eigenvalue weighted by Crippen LogP contribution is 2.41. The normalized spacial score (nSPS) is 15.7. The van der Waals surface area contributed by atoms with Crippen molar-refractivity contribution in [3.8, 4) is 11.5 Å². The molecular weight excluding hydrogens is 679 g/mol. The maximum Gasteiger partial charge on any atom is 0.271 e. The van der Waals surface area contributed by atoms with Crippen LogP contribution in [0.2, 0.25) is 10.0 Å². The van der Waals surface area contributed by atoms with E-state index >= 15 is 0 Å². The number of benzene rings is 4. The summed E-state index contributed by atoms with van der Waals surface area (Å²) in [4.78, 5) is 19.9. The average Bonchev–Trinajstić information content (AvgIpc) is 3.34. The van der Waals surface area contributed by atoms with Gasteiger partial charge >= 0.3 is 0 Å². The van der Waals surface area contributed by atoms with Gasteiger partial charge in [0.2, 0.25) is 0 Å². The van der Waals surface area contributed by atoms with Crippen molar-refractivity contribution in [2.45, 2.75) is 25.5 Å². The van der Waals surface area contributed by atoms with Crippen LogP contribution >= 0.6 is 50.5 Å². The van der Waals surface area contributed by atoms with Gasteiger partial charge in [0, 0.05) is 21.2 Å². The minimum absolute atomic E-state index is 0.0687. The van der Waals surface area contributed by atoms with E-state index < -0.39 is 0 Å². The second-order valence-electron chi connectivity index (χ2n) is 10.6. The first-order chi connectivity index (χ1) is 21.4. The second-order valence-corrected chi connectivity index (χ2v) is 13.3. The molecule has 44 heavy (non-hydrogen) atoms. The van der Waals surface area contributed by atoms with E-state index in [9.17, 15) is 4.79 Å². The van der Waals surface area contributed by atoms with Gasteiger partial charge in [-0.05, 0) is 81.4 Å². The summed E-state index contributed by atoms with van der Waals surface area (Å²) in [6.07, 6.45) is 3.66. The zero-order chi connectivity index (χ0) is 30.4. The van der Waals surface area contributed by atoms with Crippen molar-refractivity contribution in [3.63, 3.8) is 0 Å². The number of aryl methyl sites for hydroxylation is 1. The van der Waals surface area contributed by atoms with Crippen molar-refractivity contribution in [2.24, 2.45) is 4.99 Å². The third kappa shape index (κ3) is 5.32.